The first kappa shape index (κ1) is 30.5. The van der Waals surface area contributed by atoms with E-state index in [-0.39, 0.29) is 31.0 Å². The number of rotatable bonds is 10. The van der Waals surface area contributed by atoms with Gasteiger partial charge in [0.1, 0.15) is 12.7 Å². The summed E-state index contributed by atoms with van der Waals surface area (Å²) < 4.78 is 16.8. The number of hydrogen-bond donors (Lipinski definition) is 3. The Morgan fingerprint density at radius 2 is 1.73 bits per heavy atom. The molecular formula is C33H37ClN4O6. The van der Waals surface area contributed by atoms with Crippen LogP contribution >= 0.6 is 11.6 Å². The van der Waals surface area contributed by atoms with Gasteiger partial charge in [0.15, 0.2) is 5.65 Å². The number of carbonyl (C=O) groups excluding carboxylic acids is 1. The molecule has 2 fully saturated rings. The molecule has 11 heteroatoms. The van der Waals surface area contributed by atoms with Crippen LogP contribution in [0.5, 0.6) is 6.01 Å². The highest BCUT2D eigenvalue weighted by Crippen LogP contribution is 2.32. The number of ether oxygens (including phenoxy) is 3. The molecule has 0 amide bonds. The summed E-state index contributed by atoms with van der Waals surface area (Å²) in [5, 5.41) is 20.1. The Morgan fingerprint density at radius 3 is 2.43 bits per heavy atom. The van der Waals surface area contributed by atoms with Crippen molar-refractivity contribution in [1.29, 1.82) is 0 Å². The SMILES string of the molecule is O=C(Cc1ccc(-c2ccc(-c3nc4nc(O[C@H]5CC[C@H](CO)[C@@H](O)C5)[nH]c4cc3Cl)cc2)cc1)OCCN1CCOCC1. The number of halogens is 1. The molecule has 1 aliphatic carbocycles. The van der Waals surface area contributed by atoms with E-state index in [1.807, 2.05) is 48.5 Å². The van der Waals surface area contributed by atoms with Crippen LogP contribution < -0.4 is 4.74 Å². The predicted octanol–water partition coefficient (Wildman–Crippen LogP) is 4.26. The molecule has 0 radical (unpaired) electrons. The molecule has 1 saturated carbocycles. The lowest BCUT2D eigenvalue weighted by Crippen LogP contribution is -2.38. The maximum Gasteiger partial charge on any atom is 0.310 e. The van der Waals surface area contributed by atoms with Crippen LogP contribution in [0.2, 0.25) is 5.02 Å². The lowest BCUT2D eigenvalue weighted by molar-refractivity contribution is -0.143. The lowest BCUT2D eigenvalue weighted by atomic mass is 9.85. The van der Waals surface area contributed by atoms with E-state index in [0.717, 1.165) is 61.5 Å². The summed E-state index contributed by atoms with van der Waals surface area (Å²) in [6.07, 6.45) is 1.32. The second kappa shape index (κ2) is 14.0. The zero-order chi connectivity index (χ0) is 30.5. The second-order valence-corrected chi connectivity index (χ2v) is 11.8. The highest BCUT2D eigenvalue weighted by atomic mass is 35.5. The van der Waals surface area contributed by atoms with Crippen LogP contribution in [0.4, 0.5) is 0 Å². The molecule has 1 saturated heterocycles. The summed E-state index contributed by atoms with van der Waals surface area (Å²) in [6.45, 7) is 4.31. The number of pyridine rings is 1. The summed E-state index contributed by atoms with van der Waals surface area (Å²) >= 11 is 6.62. The summed E-state index contributed by atoms with van der Waals surface area (Å²) in [4.78, 5) is 26.9. The van der Waals surface area contributed by atoms with Gasteiger partial charge in [-0.05, 0) is 35.6 Å². The highest BCUT2D eigenvalue weighted by molar-refractivity contribution is 6.33. The molecule has 0 unspecified atom stereocenters. The highest BCUT2D eigenvalue weighted by Gasteiger charge is 2.30. The topological polar surface area (TPSA) is 130 Å². The molecule has 2 aromatic heterocycles. The number of aliphatic hydroxyl groups is 2. The number of fused-ring (bicyclic) bond motifs is 1. The average Bonchev–Trinajstić information content (AvgIpc) is 3.42. The predicted molar refractivity (Wildman–Crippen MR) is 167 cm³/mol. The van der Waals surface area contributed by atoms with E-state index < -0.39 is 6.10 Å². The number of esters is 1. The van der Waals surface area contributed by atoms with Gasteiger partial charge in [0.25, 0.3) is 6.01 Å². The minimum absolute atomic E-state index is 0.0222. The number of hydrogen-bond acceptors (Lipinski definition) is 9. The molecule has 44 heavy (non-hydrogen) atoms. The largest absolute Gasteiger partial charge is 0.464 e. The Balaban J connectivity index is 1.06. The van der Waals surface area contributed by atoms with Crippen LogP contribution in [-0.4, -0.2) is 94.3 Å². The molecule has 10 nitrogen and oxygen atoms in total. The molecule has 1 aliphatic heterocycles. The molecule has 3 atom stereocenters. The van der Waals surface area contributed by atoms with Gasteiger partial charge in [0, 0.05) is 44.1 Å². The van der Waals surface area contributed by atoms with Gasteiger partial charge >= 0.3 is 5.97 Å². The number of aromatic nitrogens is 3. The van der Waals surface area contributed by atoms with Crippen LogP contribution in [0, 0.1) is 5.92 Å². The molecule has 0 bridgehead atoms. The van der Waals surface area contributed by atoms with Crippen LogP contribution in [0.3, 0.4) is 0 Å². The normalized spacial score (nSPS) is 20.9. The Hall–Kier alpha value is -3.54. The van der Waals surface area contributed by atoms with Gasteiger partial charge in [-0.2, -0.15) is 4.98 Å². The number of aromatic amines is 1. The Bertz CT molecular complexity index is 1560. The maximum atomic E-state index is 12.3. The van der Waals surface area contributed by atoms with Crippen molar-refractivity contribution in [2.45, 2.75) is 37.9 Å². The van der Waals surface area contributed by atoms with Crippen molar-refractivity contribution in [3.8, 4) is 28.4 Å². The van der Waals surface area contributed by atoms with E-state index >= 15 is 0 Å². The summed E-state index contributed by atoms with van der Waals surface area (Å²) in [6, 6.07) is 18.0. The van der Waals surface area contributed by atoms with Gasteiger partial charge in [-0.3, -0.25) is 9.69 Å². The standard InChI is InChI=1S/C33H37ClN4O6/c34-27-19-28-32(37-33(35-28)44-26-10-9-25(20-39)29(40)18-26)36-31(27)24-7-5-23(6-8-24)22-3-1-21(2-4-22)17-30(41)43-16-13-38-11-14-42-15-12-38/h1-8,19,25-26,29,39-40H,9-18,20H2,(H,35,36,37)/t25-,26+,29+/m1/s1. The number of morpholine rings is 1. The number of carbonyl (C=O) groups is 1. The first-order chi connectivity index (χ1) is 21.4. The molecule has 2 aliphatic rings. The minimum Gasteiger partial charge on any atom is -0.464 e. The lowest BCUT2D eigenvalue weighted by Gasteiger charge is -2.31. The van der Waals surface area contributed by atoms with Gasteiger partial charge in [-0.15, -0.1) is 0 Å². The van der Waals surface area contributed by atoms with Gasteiger partial charge in [-0.25, -0.2) is 4.98 Å². The quantitative estimate of drug-likeness (QED) is 0.223. The fourth-order valence-electron chi connectivity index (χ4n) is 5.77. The van der Waals surface area contributed by atoms with Crippen molar-refractivity contribution in [2.24, 2.45) is 5.92 Å². The fraction of sp³-hybridized carbons (Fsp3) is 0.424. The van der Waals surface area contributed by atoms with E-state index in [4.69, 9.17) is 30.8 Å². The maximum absolute atomic E-state index is 12.3. The number of nitrogens with zero attached hydrogens (tertiary/aromatic N) is 3. The number of benzene rings is 2. The summed E-state index contributed by atoms with van der Waals surface area (Å²) in [5.74, 6) is -0.331. The third kappa shape index (κ3) is 7.39. The molecule has 3 heterocycles. The van der Waals surface area contributed by atoms with E-state index in [1.165, 1.54) is 0 Å². The van der Waals surface area contributed by atoms with Gasteiger partial charge in [0.05, 0.1) is 42.0 Å². The number of nitrogens with one attached hydrogen (secondary N) is 1. The average molecular weight is 621 g/mol. The summed E-state index contributed by atoms with van der Waals surface area (Å²) in [7, 11) is 0. The monoisotopic (exact) mass is 620 g/mol. The van der Waals surface area contributed by atoms with Crippen molar-refractivity contribution >= 4 is 28.7 Å². The molecule has 3 N–H and O–H groups in total. The Labute approximate surface area is 260 Å². The number of aliphatic hydroxyl groups excluding tert-OH is 2. The second-order valence-electron chi connectivity index (χ2n) is 11.4. The zero-order valence-electron chi connectivity index (χ0n) is 24.5. The van der Waals surface area contributed by atoms with E-state index in [1.54, 1.807) is 6.07 Å². The first-order valence-corrected chi connectivity index (χ1v) is 15.5. The molecule has 0 spiro atoms. The number of H-pyrrole nitrogens is 1. The van der Waals surface area contributed by atoms with Crippen molar-refractivity contribution in [2.75, 3.05) is 46.1 Å². The van der Waals surface area contributed by atoms with Crippen molar-refractivity contribution in [3.63, 3.8) is 0 Å². The third-order valence-electron chi connectivity index (χ3n) is 8.39. The zero-order valence-corrected chi connectivity index (χ0v) is 25.2. The van der Waals surface area contributed by atoms with Crippen molar-refractivity contribution in [3.05, 3.63) is 65.2 Å². The van der Waals surface area contributed by atoms with Gasteiger partial charge in [0.2, 0.25) is 0 Å². The summed E-state index contributed by atoms with van der Waals surface area (Å²) in [5.41, 5.74) is 5.58. The van der Waals surface area contributed by atoms with Gasteiger partial charge in [-0.1, -0.05) is 60.1 Å². The van der Waals surface area contributed by atoms with Crippen molar-refractivity contribution < 1.29 is 29.2 Å². The van der Waals surface area contributed by atoms with Crippen LogP contribution in [0.15, 0.2) is 54.6 Å². The number of imidazole rings is 1. The Kier molecular flexibility index (Phi) is 9.73. The van der Waals surface area contributed by atoms with E-state index in [9.17, 15) is 15.0 Å². The van der Waals surface area contributed by atoms with Crippen LogP contribution in [0.25, 0.3) is 33.5 Å². The molecule has 2 aromatic carbocycles. The smallest absolute Gasteiger partial charge is 0.310 e. The Morgan fingerprint density at radius 1 is 1.02 bits per heavy atom. The fourth-order valence-corrected chi connectivity index (χ4v) is 6.03. The first-order valence-electron chi connectivity index (χ1n) is 15.1. The van der Waals surface area contributed by atoms with Crippen molar-refractivity contribution in [1.82, 2.24) is 19.9 Å². The third-order valence-corrected chi connectivity index (χ3v) is 8.68. The minimum atomic E-state index is -0.595. The van der Waals surface area contributed by atoms with Gasteiger partial charge < -0.3 is 29.4 Å². The van der Waals surface area contributed by atoms with Crippen LogP contribution in [-0.2, 0) is 20.7 Å². The van der Waals surface area contributed by atoms with E-state index in [2.05, 4.69) is 14.9 Å². The molecule has 4 aromatic rings. The van der Waals surface area contributed by atoms with E-state index in [0.29, 0.717) is 47.3 Å². The molecule has 6 rings (SSSR count). The molecule has 232 valence electrons. The molecular weight excluding hydrogens is 584 g/mol. The van der Waals surface area contributed by atoms with Crippen LogP contribution in [0.1, 0.15) is 24.8 Å².